The molecule has 1 saturated carbocycles. The van der Waals surface area contributed by atoms with Crippen LogP contribution in [0.3, 0.4) is 0 Å². The van der Waals surface area contributed by atoms with E-state index in [0.29, 0.717) is 5.75 Å². The molecular weight excluding hydrogens is 495 g/mol. The molecule has 1 aliphatic heterocycles. The monoisotopic (exact) mass is 519 g/mol. The summed E-state index contributed by atoms with van der Waals surface area (Å²) < 4.78 is 59.0. The molecule has 1 aliphatic carbocycles. The Balaban J connectivity index is 1.65. The van der Waals surface area contributed by atoms with E-state index in [0.717, 1.165) is 18.9 Å². The van der Waals surface area contributed by atoms with E-state index in [9.17, 15) is 27.9 Å². The molecule has 37 heavy (non-hydrogen) atoms. The molecule has 0 bridgehead atoms. The third-order valence-electron chi connectivity index (χ3n) is 6.39. The lowest BCUT2D eigenvalue weighted by molar-refractivity contribution is -0.265. The molecule has 4 rings (SSSR count). The van der Waals surface area contributed by atoms with E-state index >= 15 is 0 Å². The van der Waals surface area contributed by atoms with Crippen LogP contribution in [0.1, 0.15) is 47.1 Å². The molecule has 9 nitrogen and oxygen atoms in total. The van der Waals surface area contributed by atoms with Crippen molar-refractivity contribution in [1.82, 2.24) is 10.3 Å². The van der Waals surface area contributed by atoms with Crippen molar-refractivity contribution in [3.63, 3.8) is 0 Å². The molecule has 0 saturated heterocycles. The van der Waals surface area contributed by atoms with Crippen LogP contribution in [0.15, 0.2) is 24.3 Å². The number of hydrogen-bond donors (Lipinski definition) is 3. The van der Waals surface area contributed by atoms with Crippen LogP contribution in [-0.4, -0.2) is 54.4 Å². The molecule has 1 aromatic heterocycles. The number of nitrogens with one attached hydrogen (secondary N) is 1. The molecule has 0 radical (unpaired) electrons. The minimum absolute atomic E-state index is 0.0227. The van der Waals surface area contributed by atoms with Crippen LogP contribution >= 0.6 is 0 Å². The summed E-state index contributed by atoms with van der Waals surface area (Å²) in [6.07, 6.45) is 1.97. The van der Waals surface area contributed by atoms with Crippen LogP contribution in [0.25, 0.3) is 0 Å². The molecule has 1 fully saturated rings. The first kappa shape index (κ1) is 26.1. The number of aromatic nitrogens is 1. The number of nitrogens with zero attached hydrogens (tertiary/aromatic N) is 1. The average Bonchev–Trinajstić information content (AvgIpc) is 3.61. The normalized spacial score (nSPS) is 20.1. The van der Waals surface area contributed by atoms with E-state index in [-0.39, 0.29) is 41.0 Å². The Morgan fingerprint density at radius 3 is 2.59 bits per heavy atom. The number of rotatable bonds is 8. The second kappa shape index (κ2) is 9.15. The van der Waals surface area contributed by atoms with Crippen molar-refractivity contribution in [3.8, 4) is 29.6 Å². The zero-order valence-corrected chi connectivity index (χ0v) is 19.9. The molecule has 2 aliphatic rings. The summed E-state index contributed by atoms with van der Waals surface area (Å²) in [7, 11) is 1.37. The number of halogens is 3. The molecule has 196 valence electrons. The quantitative estimate of drug-likeness (QED) is 0.454. The minimum Gasteiger partial charge on any atom is -0.493 e. The number of hydrogen-bond acceptors (Lipinski definition) is 7. The van der Waals surface area contributed by atoms with Crippen LogP contribution in [0, 0.1) is 12.3 Å². The molecule has 2 atom stereocenters. The van der Waals surface area contributed by atoms with Gasteiger partial charge in [-0.1, -0.05) is 0 Å². The summed E-state index contributed by atoms with van der Waals surface area (Å²) in [6, 6.07) is 5.04. The Morgan fingerprint density at radius 1 is 1.32 bits per heavy atom. The van der Waals surface area contributed by atoms with Crippen LogP contribution < -0.4 is 25.3 Å². The lowest BCUT2D eigenvalue weighted by Crippen LogP contribution is -2.52. The zero-order chi connectivity index (χ0) is 27.2. The molecule has 1 unspecified atom stereocenters. The summed E-state index contributed by atoms with van der Waals surface area (Å²) >= 11 is 0. The van der Waals surface area contributed by atoms with Crippen molar-refractivity contribution in [1.29, 1.82) is 0 Å². The van der Waals surface area contributed by atoms with Crippen molar-refractivity contribution >= 4 is 11.8 Å². The molecule has 1 aromatic carbocycles. The molecule has 12 heteroatoms. The summed E-state index contributed by atoms with van der Waals surface area (Å²) in [4.78, 5) is 28.6. The maximum absolute atomic E-state index is 14.2. The summed E-state index contributed by atoms with van der Waals surface area (Å²) in [5.41, 5.74) is -1.04. The highest BCUT2D eigenvalue weighted by molar-refractivity contribution is 5.95. The Morgan fingerprint density at radius 2 is 2.03 bits per heavy atom. The van der Waals surface area contributed by atoms with Gasteiger partial charge in [0.05, 0.1) is 25.5 Å². The molecule has 0 spiro atoms. The third-order valence-corrected chi connectivity index (χ3v) is 6.39. The zero-order valence-electron chi connectivity index (χ0n) is 19.9. The maximum Gasteiger partial charge on any atom is 0.424 e. The lowest BCUT2D eigenvalue weighted by atomic mass is 9.82. The van der Waals surface area contributed by atoms with Crippen molar-refractivity contribution < 1.29 is 42.1 Å². The van der Waals surface area contributed by atoms with Crippen LogP contribution in [0.2, 0.25) is 0 Å². The second-order valence-electron chi connectivity index (χ2n) is 9.09. The predicted octanol–water partition coefficient (Wildman–Crippen LogP) is 1.93. The van der Waals surface area contributed by atoms with Crippen LogP contribution in [-0.2, 0) is 15.8 Å². The number of carbonyl (C=O) groups is 2. The van der Waals surface area contributed by atoms with Gasteiger partial charge in [-0.25, -0.2) is 4.98 Å². The van der Waals surface area contributed by atoms with Crippen molar-refractivity contribution in [3.05, 3.63) is 46.8 Å². The molecule has 2 amide bonds. The number of terminal acetylenes is 1. The fourth-order valence-electron chi connectivity index (χ4n) is 3.82. The van der Waals surface area contributed by atoms with Gasteiger partial charge in [0.2, 0.25) is 11.5 Å². The van der Waals surface area contributed by atoms with Gasteiger partial charge < -0.3 is 30.4 Å². The number of pyridine rings is 1. The first-order valence-corrected chi connectivity index (χ1v) is 11.2. The van der Waals surface area contributed by atoms with Gasteiger partial charge in [0.15, 0.2) is 22.9 Å². The van der Waals surface area contributed by atoms with E-state index in [2.05, 4.69) is 16.2 Å². The number of alkyl halides is 3. The standard InChI is InChI=1S/C25H24F3N3O6/c1-4-16-20-15(23(2,12-36-20)22(29)33)10-19(31-16)24(34,25(26,27)28)11-30-21(32)13-5-8-17(18(9-13)35-3)37-14-6-7-14/h1,5,8-10,14,34H,6-7,11-12H2,2-3H3,(H2,29,33)(H,30,32)/t23-,24?/m0/s1. The molecular formula is C25H24F3N3O6. The predicted molar refractivity (Wildman–Crippen MR) is 123 cm³/mol. The first-order valence-electron chi connectivity index (χ1n) is 11.2. The summed E-state index contributed by atoms with van der Waals surface area (Å²) in [5.74, 6) is 0.902. The Hall–Kier alpha value is -3.98. The fraction of sp³-hybridized carbons (Fsp3) is 0.400. The van der Waals surface area contributed by atoms with Crippen molar-refractivity contribution in [2.45, 2.75) is 43.1 Å². The van der Waals surface area contributed by atoms with Gasteiger partial charge in [-0.15, -0.1) is 6.42 Å². The highest BCUT2D eigenvalue weighted by Gasteiger charge is 2.57. The largest absolute Gasteiger partial charge is 0.493 e. The second-order valence-corrected chi connectivity index (χ2v) is 9.09. The number of ether oxygens (including phenoxy) is 3. The number of amides is 2. The fourth-order valence-corrected chi connectivity index (χ4v) is 3.82. The van der Waals surface area contributed by atoms with Gasteiger partial charge in [-0.05, 0) is 50.0 Å². The average molecular weight is 519 g/mol. The van der Waals surface area contributed by atoms with Crippen LogP contribution in [0.5, 0.6) is 17.2 Å². The number of nitrogens with two attached hydrogens (primary N) is 1. The summed E-state index contributed by atoms with van der Waals surface area (Å²) in [5, 5.41) is 13.0. The highest BCUT2D eigenvalue weighted by Crippen LogP contribution is 2.45. The Kier molecular flexibility index (Phi) is 6.45. The van der Waals surface area contributed by atoms with Crippen molar-refractivity contribution in [2.75, 3.05) is 20.3 Å². The molecule has 4 N–H and O–H groups in total. The lowest BCUT2D eigenvalue weighted by Gasteiger charge is -2.31. The van der Waals surface area contributed by atoms with Gasteiger partial charge in [-0.3, -0.25) is 9.59 Å². The third kappa shape index (κ3) is 4.62. The number of primary amides is 1. The van der Waals surface area contributed by atoms with E-state index in [1.165, 1.54) is 32.2 Å². The number of methoxy groups -OCH3 is 1. The highest BCUT2D eigenvalue weighted by atomic mass is 19.4. The van der Waals surface area contributed by atoms with E-state index in [1.807, 2.05) is 0 Å². The number of aliphatic hydroxyl groups is 1. The van der Waals surface area contributed by atoms with E-state index in [4.69, 9.17) is 26.4 Å². The maximum atomic E-state index is 14.2. The number of benzene rings is 1. The van der Waals surface area contributed by atoms with Gasteiger partial charge in [0.1, 0.15) is 12.0 Å². The van der Waals surface area contributed by atoms with Gasteiger partial charge >= 0.3 is 6.18 Å². The van der Waals surface area contributed by atoms with Crippen molar-refractivity contribution in [2.24, 2.45) is 5.73 Å². The Labute approximate surface area is 210 Å². The molecule has 2 heterocycles. The number of carbonyl (C=O) groups excluding carboxylic acids is 2. The Bertz CT molecular complexity index is 1300. The van der Waals surface area contributed by atoms with Crippen LogP contribution in [0.4, 0.5) is 13.2 Å². The minimum atomic E-state index is -5.30. The first-order chi connectivity index (χ1) is 17.3. The summed E-state index contributed by atoms with van der Waals surface area (Å²) in [6.45, 7) is -0.188. The SMILES string of the molecule is C#Cc1nc(C(O)(CNC(=O)c2ccc(OC3CC3)c(OC)c2)C(F)(F)F)cc2c1OC[C@]2(C)C(N)=O. The van der Waals surface area contributed by atoms with E-state index < -0.39 is 41.2 Å². The van der Waals surface area contributed by atoms with Gasteiger partial charge in [0, 0.05) is 11.1 Å². The smallest absolute Gasteiger partial charge is 0.424 e. The van der Waals surface area contributed by atoms with E-state index in [1.54, 1.807) is 0 Å². The molecule has 2 aromatic rings. The topological polar surface area (TPSA) is 133 Å². The van der Waals surface area contributed by atoms with Gasteiger partial charge in [0.25, 0.3) is 5.91 Å². The number of fused-ring (bicyclic) bond motifs is 1. The van der Waals surface area contributed by atoms with Gasteiger partial charge in [-0.2, -0.15) is 13.2 Å².